The summed E-state index contributed by atoms with van der Waals surface area (Å²) in [7, 11) is -15.7. The quantitative estimate of drug-likeness (QED) is 0.0624. The molecule has 0 spiro atoms. The maximum absolute atomic E-state index is 12.8. The van der Waals surface area contributed by atoms with Crippen molar-refractivity contribution in [3.63, 3.8) is 0 Å². The van der Waals surface area contributed by atoms with E-state index in [1.807, 2.05) is 36.4 Å². The molecule has 2 amide bonds. The van der Waals surface area contributed by atoms with Crippen molar-refractivity contribution in [2.24, 2.45) is 40.9 Å². The third-order valence-corrected chi connectivity index (χ3v) is 10.9. The number of rotatable bonds is 12. The van der Waals surface area contributed by atoms with Gasteiger partial charge in [-0.25, -0.2) is 21.6 Å². The number of amides is 2. The summed E-state index contributed by atoms with van der Waals surface area (Å²) in [5.74, 6) is 0. The predicted molar refractivity (Wildman–Crippen MR) is 256 cm³/mol. The maximum Gasteiger partial charge on any atom is 1.00 e. The summed E-state index contributed by atoms with van der Waals surface area (Å²) >= 11 is 0. The van der Waals surface area contributed by atoms with E-state index in [1.165, 1.54) is 24.3 Å². The van der Waals surface area contributed by atoms with Gasteiger partial charge in [0.05, 0.1) is 43.9 Å². The average molecular weight is 1070 g/mol. The van der Waals surface area contributed by atoms with Crippen molar-refractivity contribution >= 4 is 126 Å². The normalized spacial score (nSPS) is 11.0. The molecule has 23 nitrogen and oxygen atoms in total. The van der Waals surface area contributed by atoms with Gasteiger partial charge in [-0.15, -0.1) is 47.6 Å². The summed E-state index contributed by atoms with van der Waals surface area (Å²) in [6.07, 6.45) is 0. The summed E-state index contributed by atoms with van der Waals surface area (Å²) in [6.45, 7) is 0. The molecule has 0 fully saturated rings. The first-order chi connectivity index (χ1) is 34.3. The van der Waals surface area contributed by atoms with Crippen LogP contribution in [0.5, 0.6) is 0 Å². The Balaban J connectivity index is 0.00000154. The van der Waals surface area contributed by atoms with Gasteiger partial charge in [0.2, 0.25) is 0 Å². The van der Waals surface area contributed by atoms with Gasteiger partial charge in [-0.05, 0) is 115 Å². The second kappa shape index (κ2) is 30.8. The zero-order chi connectivity index (χ0) is 51.8. The Labute approximate surface area is 484 Å². The van der Waals surface area contributed by atoms with Crippen LogP contribution in [0, 0.1) is 12.1 Å². The smallest absolute Gasteiger partial charge is 0.744 e. The van der Waals surface area contributed by atoms with Crippen LogP contribution in [-0.4, -0.2) is 57.2 Å². The second-order valence-electron chi connectivity index (χ2n) is 13.9. The summed E-state index contributed by atoms with van der Waals surface area (Å²) in [4.78, 5) is 11.9. The zero-order valence-corrected chi connectivity index (χ0v) is 43.3. The number of urea groups is 1. The molecule has 0 radical (unpaired) electrons. The van der Waals surface area contributed by atoms with Crippen LogP contribution in [0.2, 0.25) is 0 Å². The van der Waals surface area contributed by atoms with Crippen molar-refractivity contribution in [2.45, 2.75) is 9.79 Å². The molecular formula is C45H28Li4N10O13S4. The number of anilines is 2. The van der Waals surface area contributed by atoms with Crippen molar-refractivity contribution in [1.82, 2.24) is 0 Å². The Hall–Kier alpha value is -6.60. The van der Waals surface area contributed by atoms with Crippen LogP contribution in [0.25, 0.3) is 21.5 Å². The number of azo groups is 4. The van der Waals surface area contributed by atoms with Gasteiger partial charge in [-0.1, -0.05) is 16.8 Å². The third kappa shape index (κ3) is 20.2. The largest absolute Gasteiger partial charge is 1.00 e. The minimum absolute atomic E-state index is 0. The summed E-state index contributed by atoms with van der Waals surface area (Å²) in [5, 5.41) is 42.2. The molecule has 0 bridgehead atoms. The van der Waals surface area contributed by atoms with E-state index in [9.17, 15) is 30.7 Å². The molecule has 0 aliphatic carbocycles. The van der Waals surface area contributed by atoms with E-state index in [0.29, 0.717) is 50.9 Å². The Morgan fingerprint density at radius 1 is 0.395 bits per heavy atom. The van der Waals surface area contributed by atoms with Crippen LogP contribution < -0.4 is 86.1 Å². The third-order valence-electron chi connectivity index (χ3n) is 9.21. The van der Waals surface area contributed by atoms with E-state index < -0.39 is 57.3 Å². The molecule has 0 aliphatic rings. The van der Waals surface area contributed by atoms with Crippen LogP contribution in [0.15, 0.2) is 208 Å². The Morgan fingerprint density at radius 2 is 0.724 bits per heavy atom. The number of hydrogen-bond donors (Lipinski definition) is 2. The van der Waals surface area contributed by atoms with E-state index in [-0.39, 0.29) is 92.2 Å². The zero-order valence-electron chi connectivity index (χ0n) is 40.0. The first-order valence-electron chi connectivity index (χ1n) is 19.8. The van der Waals surface area contributed by atoms with Crippen LogP contribution in [0.3, 0.4) is 0 Å². The van der Waals surface area contributed by atoms with Crippen LogP contribution in [0.4, 0.5) is 61.7 Å². The molecule has 0 aliphatic heterocycles. The van der Waals surface area contributed by atoms with Crippen molar-refractivity contribution in [3.8, 4) is 0 Å². The second-order valence-corrected chi connectivity index (χ2v) is 17.5. The first kappa shape index (κ1) is 65.5. The fraction of sp³-hybridized carbons (Fsp3) is 0. The summed E-state index contributed by atoms with van der Waals surface area (Å²) in [5.41, 5.74) is 4.66. The number of nitrogens with one attached hydrogen (secondary N) is 2. The standard InChI is InChI=1S/C45H30N10O7S2.4Li.2O3S/c56-45(46-29-10-14-32(15-11-29)49-53-42-25-24-41(37-8-4-5-9-38(37)42)52-48-31-6-2-1-3-7-31)47-30-12-16-33(17-13-30)50-54-43-26-27-44(40-28-36(64(60,61)62)22-23-39(40)43)55-51-34-18-20-35(21-19-34)63(57,58)59;;;;;2*1-4(2)3/h2-3,5-28H,(H2,46,47,56)(H,57,58,59)(H,60,61,62);;;;;;/q-2;4*+1;;/p-2. The maximum atomic E-state index is 12.8. The van der Waals surface area contributed by atoms with E-state index in [0.717, 1.165) is 35.0 Å². The predicted octanol–water partition coefficient (Wildman–Crippen LogP) is -1.29. The SMILES string of the molecule is O=C(Nc1ccc(N=Nc2ccc(N=Nc3cc[c-]cc3)c3c[c-]ccc23)cc1)Nc1ccc(N=Nc2ccc(N=Nc3ccc(S(=O)(=O)[O-])cc3)c3cc(S(=O)(=O)[O-])ccc23)cc1.O=S(=O)=O.O=S(=O)=O.[Li+].[Li+].[Li+].[Li+]. The van der Waals surface area contributed by atoms with Crippen LogP contribution in [-0.2, 0) is 41.5 Å². The molecular weight excluding hydrogens is 1040 g/mol. The first-order valence-corrected chi connectivity index (χ1v) is 24.6. The average Bonchev–Trinajstić information content (AvgIpc) is 3.34. The fourth-order valence-corrected chi connectivity index (χ4v) is 7.06. The fourth-order valence-electron chi connectivity index (χ4n) is 6.09. The van der Waals surface area contributed by atoms with Gasteiger partial charge in [0.1, 0.15) is 20.2 Å². The van der Waals surface area contributed by atoms with Gasteiger partial charge in [0.15, 0.2) is 0 Å². The van der Waals surface area contributed by atoms with Gasteiger partial charge >= 0.3 is 103 Å². The van der Waals surface area contributed by atoms with Crippen molar-refractivity contribution in [2.75, 3.05) is 10.6 Å². The van der Waals surface area contributed by atoms with E-state index >= 15 is 0 Å². The monoisotopic (exact) mass is 1070 g/mol. The summed E-state index contributed by atoms with van der Waals surface area (Å²) in [6, 6.07) is 46.6. The molecule has 0 atom stereocenters. The van der Waals surface area contributed by atoms with Gasteiger partial charge in [0, 0.05) is 27.8 Å². The number of nitrogens with zero attached hydrogens (tertiary/aromatic N) is 8. The minimum atomic E-state index is -4.83. The molecule has 8 rings (SSSR count). The molecule has 364 valence electrons. The van der Waals surface area contributed by atoms with Crippen LogP contribution >= 0.6 is 0 Å². The molecule has 8 aromatic carbocycles. The Kier molecular flexibility index (Phi) is 26.6. The molecule has 76 heavy (non-hydrogen) atoms. The topological polar surface area (TPSA) is 357 Å². The molecule has 0 heterocycles. The van der Waals surface area contributed by atoms with E-state index in [4.69, 9.17) is 25.3 Å². The number of carbonyl (C=O) groups excluding carboxylic acids is 1. The molecule has 31 heteroatoms. The molecule has 0 saturated heterocycles. The Bertz CT molecular complexity index is 3870. The van der Waals surface area contributed by atoms with Gasteiger partial charge in [0.25, 0.3) is 0 Å². The number of fused-ring (bicyclic) bond motifs is 2. The molecule has 2 N–H and O–H groups in total. The van der Waals surface area contributed by atoms with Gasteiger partial charge in [-0.2, -0.15) is 73.2 Å². The molecule has 8 aromatic rings. The minimum Gasteiger partial charge on any atom is -0.744 e. The van der Waals surface area contributed by atoms with Gasteiger partial charge in [-0.3, -0.25) is 0 Å². The number of carbonyl (C=O) groups is 1. The number of benzene rings is 8. The number of hydrogen-bond acceptors (Lipinski definition) is 21. The van der Waals surface area contributed by atoms with E-state index in [2.05, 4.69) is 63.7 Å². The molecule has 0 unspecified atom stereocenters. The van der Waals surface area contributed by atoms with Crippen LogP contribution in [0.1, 0.15) is 0 Å². The van der Waals surface area contributed by atoms with Crippen molar-refractivity contribution in [1.29, 1.82) is 0 Å². The summed E-state index contributed by atoms with van der Waals surface area (Å²) < 4.78 is 120. The van der Waals surface area contributed by atoms with Crippen molar-refractivity contribution in [3.05, 3.63) is 170 Å². The van der Waals surface area contributed by atoms with Crippen molar-refractivity contribution < 1.29 is 131 Å². The molecule has 0 aromatic heterocycles. The Morgan fingerprint density at radius 3 is 1.13 bits per heavy atom. The molecule has 0 saturated carbocycles. The van der Waals surface area contributed by atoms with Gasteiger partial charge < -0.3 is 19.7 Å². The van der Waals surface area contributed by atoms with E-state index in [1.54, 1.807) is 72.8 Å².